The predicted molar refractivity (Wildman–Crippen MR) is 79.4 cm³/mol. The lowest BCUT2D eigenvalue weighted by Gasteiger charge is -2.06. The molecule has 0 bridgehead atoms. The minimum atomic E-state index is -3.37. The Balaban J connectivity index is 2.22. The van der Waals surface area contributed by atoms with Crippen molar-refractivity contribution < 1.29 is 13.2 Å². The fraction of sp³-hybridized carbons (Fsp3) is 0.571. The molecule has 0 aliphatic heterocycles. The molecule has 0 aliphatic carbocycles. The first kappa shape index (κ1) is 16.3. The summed E-state index contributed by atoms with van der Waals surface area (Å²) in [4.78, 5) is 0. The van der Waals surface area contributed by atoms with Gasteiger partial charge in [0.15, 0.2) is 0 Å². The van der Waals surface area contributed by atoms with Crippen LogP contribution in [-0.2, 0) is 15.5 Å². The van der Waals surface area contributed by atoms with Crippen molar-refractivity contribution in [1.82, 2.24) is 0 Å². The Morgan fingerprint density at radius 1 is 1.11 bits per heavy atom. The average molecular weight is 305 g/mol. The number of ether oxygens (including phenoxy) is 1. The lowest BCUT2D eigenvalue weighted by atomic mass is 10.1. The average Bonchev–Trinajstić information content (AvgIpc) is 2.36. The van der Waals surface area contributed by atoms with Crippen molar-refractivity contribution in [3.05, 3.63) is 29.8 Å². The second kappa shape index (κ2) is 8.43. The molecule has 108 valence electrons. The van der Waals surface area contributed by atoms with E-state index in [0.717, 1.165) is 12.2 Å². The molecular formula is C14H21ClO3S. The Hall–Kier alpha value is -0.740. The number of hydrogen-bond acceptors (Lipinski definition) is 3. The summed E-state index contributed by atoms with van der Waals surface area (Å²) in [7, 11) is 1.75. The molecule has 0 unspecified atom stereocenters. The van der Waals surface area contributed by atoms with Gasteiger partial charge in [0.1, 0.15) is 5.75 Å². The molecule has 0 saturated carbocycles. The van der Waals surface area contributed by atoms with E-state index >= 15 is 0 Å². The van der Waals surface area contributed by atoms with Gasteiger partial charge < -0.3 is 4.74 Å². The van der Waals surface area contributed by atoms with Crippen LogP contribution in [0.25, 0.3) is 0 Å². The molecule has 0 aliphatic rings. The molecule has 0 spiro atoms. The van der Waals surface area contributed by atoms with Crippen LogP contribution in [-0.4, -0.2) is 20.8 Å². The van der Waals surface area contributed by atoms with E-state index in [4.69, 9.17) is 15.4 Å². The van der Waals surface area contributed by atoms with E-state index in [9.17, 15) is 8.42 Å². The van der Waals surface area contributed by atoms with E-state index < -0.39 is 9.05 Å². The van der Waals surface area contributed by atoms with Gasteiger partial charge in [0.2, 0.25) is 9.05 Å². The van der Waals surface area contributed by atoms with E-state index in [1.165, 1.54) is 18.4 Å². The second-order valence-electron chi connectivity index (χ2n) is 4.55. The Morgan fingerprint density at radius 3 is 2.37 bits per heavy atom. The number of halogens is 1. The third-order valence-corrected chi connectivity index (χ3v) is 4.03. The summed E-state index contributed by atoms with van der Waals surface area (Å²) in [6.07, 6.45) is 4.71. The van der Waals surface area contributed by atoms with Gasteiger partial charge in [0.25, 0.3) is 0 Å². The molecule has 0 heterocycles. The van der Waals surface area contributed by atoms with Crippen LogP contribution in [0.2, 0.25) is 0 Å². The molecule has 0 aromatic heterocycles. The van der Waals surface area contributed by atoms with Gasteiger partial charge in [-0.1, -0.05) is 25.5 Å². The maximum atomic E-state index is 10.7. The van der Waals surface area contributed by atoms with E-state index in [1.807, 2.05) is 12.1 Å². The fourth-order valence-electron chi connectivity index (χ4n) is 1.70. The highest BCUT2D eigenvalue weighted by molar-refractivity contribution is 8.13. The summed E-state index contributed by atoms with van der Waals surface area (Å²) >= 11 is 0. The highest BCUT2D eigenvalue weighted by Crippen LogP contribution is 2.14. The number of unbranched alkanes of at least 4 members (excludes halogenated alkanes) is 2. The SMILES string of the molecule is CCCCc1ccc(OCCCCS(=O)(=O)Cl)cc1. The van der Waals surface area contributed by atoms with Crippen LogP contribution in [0.5, 0.6) is 5.75 Å². The summed E-state index contributed by atoms with van der Waals surface area (Å²) in [6.45, 7) is 2.69. The van der Waals surface area contributed by atoms with Gasteiger partial charge >= 0.3 is 0 Å². The summed E-state index contributed by atoms with van der Waals surface area (Å²) < 4.78 is 27.0. The molecular weight excluding hydrogens is 284 g/mol. The van der Waals surface area contributed by atoms with Crippen LogP contribution in [0.15, 0.2) is 24.3 Å². The molecule has 0 N–H and O–H groups in total. The maximum Gasteiger partial charge on any atom is 0.232 e. The van der Waals surface area contributed by atoms with E-state index in [0.29, 0.717) is 19.4 Å². The van der Waals surface area contributed by atoms with E-state index in [1.54, 1.807) is 0 Å². The van der Waals surface area contributed by atoms with Gasteiger partial charge in [-0.3, -0.25) is 0 Å². The van der Waals surface area contributed by atoms with Crippen LogP contribution in [0, 0.1) is 0 Å². The monoisotopic (exact) mass is 304 g/mol. The van der Waals surface area contributed by atoms with E-state index in [2.05, 4.69) is 19.1 Å². The third kappa shape index (κ3) is 8.11. The molecule has 0 fully saturated rings. The first-order valence-electron chi connectivity index (χ1n) is 6.65. The molecule has 0 radical (unpaired) electrons. The zero-order valence-electron chi connectivity index (χ0n) is 11.3. The minimum absolute atomic E-state index is 0.00781. The molecule has 1 aromatic carbocycles. The molecule has 3 nitrogen and oxygen atoms in total. The van der Waals surface area contributed by atoms with Gasteiger partial charge in [0.05, 0.1) is 12.4 Å². The van der Waals surface area contributed by atoms with E-state index in [-0.39, 0.29) is 5.75 Å². The lowest BCUT2D eigenvalue weighted by molar-refractivity contribution is 0.309. The molecule has 0 atom stereocenters. The molecule has 0 amide bonds. The van der Waals surface area contributed by atoms with Crippen LogP contribution < -0.4 is 4.74 Å². The molecule has 1 aromatic rings. The molecule has 0 saturated heterocycles. The first-order valence-corrected chi connectivity index (χ1v) is 9.13. The highest BCUT2D eigenvalue weighted by atomic mass is 35.7. The number of aryl methyl sites for hydroxylation is 1. The Bertz CT molecular complexity index is 454. The zero-order chi connectivity index (χ0) is 14.1. The van der Waals surface area contributed by atoms with Crippen molar-refractivity contribution >= 4 is 19.7 Å². The zero-order valence-corrected chi connectivity index (χ0v) is 12.8. The maximum absolute atomic E-state index is 10.7. The Morgan fingerprint density at radius 2 is 1.79 bits per heavy atom. The number of benzene rings is 1. The largest absolute Gasteiger partial charge is 0.494 e. The summed E-state index contributed by atoms with van der Waals surface area (Å²) in [5.74, 6) is 0.836. The van der Waals surface area contributed by atoms with Crippen LogP contribution in [0.1, 0.15) is 38.2 Å². The molecule has 5 heteroatoms. The normalized spacial score (nSPS) is 11.5. The quantitative estimate of drug-likeness (QED) is 0.515. The van der Waals surface area contributed by atoms with Crippen LogP contribution >= 0.6 is 10.7 Å². The summed E-state index contributed by atoms with van der Waals surface area (Å²) in [5.41, 5.74) is 1.32. The smallest absolute Gasteiger partial charge is 0.232 e. The summed E-state index contributed by atoms with van der Waals surface area (Å²) in [5, 5.41) is 0. The van der Waals surface area contributed by atoms with Crippen LogP contribution in [0.3, 0.4) is 0 Å². The Kier molecular flexibility index (Phi) is 7.24. The minimum Gasteiger partial charge on any atom is -0.494 e. The number of rotatable bonds is 9. The fourth-order valence-corrected chi connectivity index (χ4v) is 2.58. The van der Waals surface area contributed by atoms with Gasteiger partial charge in [-0.25, -0.2) is 8.42 Å². The highest BCUT2D eigenvalue weighted by Gasteiger charge is 2.04. The third-order valence-electron chi connectivity index (χ3n) is 2.79. The topological polar surface area (TPSA) is 43.4 Å². The van der Waals surface area contributed by atoms with Crippen LogP contribution in [0.4, 0.5) is 0 Å². The second-order valence-corrected chi connectivity index (χ2v) is 7.44. The van der Waals surface area contributed by atoms with Crippen molar-refractivity contribution in [2.45, 2.75) is 39.0 Å². The molecule has 19 heavy (non-hydrogen) atoms. The van der Waals surface area contributed by atoms with Crippen molar-refractivity contribution in [2.75, 3.05) is 12.4 Å². The van der Waals surface area contributed by atoms with Gasteiger partial charge in [0, 0.05) is 10.7 Å². The lowest BCUT2D eigenvalue weighted by Crippen LogP contribution is -2.02. The summed E-state index contributed by atoms with van der Waals surface area (Å²) in [6, 6.07) is 8.08. The van der Waals surface area contributed by atoms with Crippen molar-refractivity contribution in [1.29, 1.82) is 0 Å². The van der Waals surface area contributed by atoms with Gasteiger partial charge in [-0.15, -0.1) is 0 Å². The first-order chi connectivity index (χ1) is 9.01. The number of hydrogen-bond donors (Lipinski definition) is 0. The molecule has 1 rings (SSSR count). The van der Waals surface area contributed by atoms with Crippen molar-refractivity contribution in [2.24, 2.45) is 0 Å². The van der Waals surface area contributed by atoms with Gasteiger partial charge in [-0.2, -0.15) is 0 Å². The van der Waals surface area contributed by atoms with Crippen molar-refractivity contribution in [3.8, 4) is 5.75 Å². The van der Waals surface area contributed by atoms with Crippen molar-refractivity contribution in [3.63, 3.8) is 0 Å². The standard InChI is InChI=1S/C14H21ClO3S/c1-2-3-6-13-7-9-14(10-8-13)18-11-4-5-12-19(15,16)17/h7-10H,2-6,11-12H2,1H3. The van der Waals surface area contributed by atoms with Gasteiger partial charge in [-0.05, 0) is 43.4 Å². The predicted octanol–water partition coefficient (Wildman–Crippen LogP) is 3.76. The Labute approximate surface area is 120 Å².